The van der Waals surface area contributed by atoms with Gasteiger partial charge in [-0.15, -0.1) is 0 Å². The van der Waals surface area contributed by atoms with Gasteiger partial charge in [-0.2, -0.15) is 4.31 Å². The topological polar surface area (TPSA) is 72.4 Å². The van der Waals surface area contributed by atoms with E-state index in [0.29, 0.717) is 36.8 Å². The highest BCUT2D eigenvalue weighted by atomic mass is 32.2. The van der Waals surface area contributed by atoms with Crippen LogP contribution in [0.1, 0.15) is 12.8 Å². The van der Waals surface area contributed by atoms with Crippen LogP contribution in [0.25, 0.3) is 0 Å². The van der Waals surface area contributed by atoms with Crippen LogP contribution >= 0.6 is 0 Å². The molecule has 2 heterocycles. The van der Waals surface area contributed by atoms with Crippen molar-refractivity contribution in [3.8, 4) is 6.01 Å². The van der Waals surface area contributed by atoms with Crippen LogP contribution in [0.5, 0.6) is 6.01 Å². The summed E-state index contributed by atoms with van der Waals surface area (Å²) < 4.78 is 32.2. The fraction of sp³-hybridized carbons (Fsp3) is 0.333. The number of rotatable bonds is 4. The number of ether oxygens (including phenoxy) is 1. The van der Waals surface area contributed by atoms with Gasteiger partial charge >= 0.3 is 6.01 Å². The van der Waals surface area contributed by atoms with Crippen molar-refractivity contribution >= 4 is 10.0 Å². The third-order valence-corrected chi connectivity index (χ3v) is 5.51. The predicted molar refractivity (Wildman–Crippen MR) is 80.9 cm³/mol. The van der Waals surface area contributed by atoms with E-state index in [1.165, 1.54) is 4.31 Å². The first-order valence-corrected chi connectivity index (χ1v) is 8.59. The van der Waals surface area contributed by atoms with Crippen LogP contribution in [0.3, 0.4) is 0 Å². The number of benzene rings is 1. The van der Waals surface area contributed by atoms with Crippen LogP contribution in [0.15, 0.2) is 53.7 Å². The summed E-state index contributed by atoms with van der Waals surface area (Å²) in [5.41, 5.74) is 0. The van der Waals surface area contributed by atoms with Crippen LogP contribution in [0.4, 0.5) is 0 Å². The van der Waals surface area contributed by atoms with Gasteiger partial charge < -0.3 is 4.74 Å². The molecule has 7 heteroatoms. The molecular weight excluding hydrogens is 302 g/mol. The third-order valence-electron chi connectivity index (χ3n) is 3.60. The molecule has 0 bridgehead atoms. The molecule has 0 spiro atoms. The van der Waals surface area contributed by atoms with Gasteiger partial charge in [0, 0.05) is 25.5 Å². The number of sulfonamides is 1. The monoisotopic (exact) mass is 319 g/mol. The van der Waals surface area contributed by atoms with Gasteiger partial charge in [0.25, 0.3) is 0 Å². The lowest BCUT2D eigenvalue weighted by molar-refractivity contribution is 0.124. The van der Waals surface area contributed by atoms with Crippen molar-refractivity contribution in [2.75, 3.05) is 13.1 Å². The van der Waals surface area contributed by atoms with Crippen LogP contribution in [0, 0.1) is 0 Å². The van der Waals surface area contributed by atoms with E-state index in [9.17, 15) is 8.42 Å². The van der Waals surface area contributed by atoms with Gasteiger partial charge in [0.1, 0.15) is 6.10 Å². The van der Waals surface area contributed by atoms with E-state index in [4.69, 9.17) is 4.74 Å². The molecule has 0 radical (unpaired) electrons. The first kappa shape index (κ1) is 14.9. The molecule has 2 aromatic rings. The summed E-state index contributed by atoms with van der Waals surface area (Å²) in [6.45, 7) is 0.878. The quantitative estimate of drug-likeness (QED) is 0.858. The fourth-order valence-electron chi connectivity index (χ4n) is 2.43. The summed E-state index contributed by atoms with van der Waals surface area (Å²) in [6.07, 6.45) is 4.45. The highest BCUT2D eigenvalue weighted by molar-refractivity contribution is 7.89. The molecule has 0 atom stereocenters. The molecule has 1 saturated heterocycles. The summed E-state index contributed by atoms with van der Waals surface area (Å²) in [5.74, 6) is 0. The van der Waals surface area contributed by atoms with E-state index in [2.05, 4.69) is 9.97 Å². The third kappa shape index (κ3) is 3.26. The van der Waals surface area contributed by atoms with E-state index in [0.717, 1.165) is 0 Å². The molecule has 1 aromatic carbocycles. The smallest absolute Gasteiger partial charge is 0.316 e. The van der Waals surface area contributed by atoms with Crippen molar-refractivity contribution in [1.29, 1.82) is 0 Å². The zero-order valence-electron chi connectivity index (χ0n) is 12.0. The molecular formula is C15H17N3O3S. The van der Waals surface area contributed by atoms with Gasteiger partial charge in [0.05, 0.1) is 4.90 Å². The van der Waals surface area contributed by atoms with Gasteiger partial charge in [0.15, 0.2) is 0 Å². The normalized spacial score (nSPS) is 17.3. The lowest BCUT2D eigenvalue weighted by Gasteiger charge is -2.30. The fourth-order valence-corrected chi connectivity index (χ4v) is 3.92. The maximum absolute atomic E-state index is 12.5. The predicted octanol–water partition coefficient (Wildman–Crippen LogP) is 1.71. The van der Waals surface area contributed by atoms with Crippen molar-refractivity contribution in [2.45, 2.75) is 23.8 Å². The molecule has 1 aliphatic heterocycles. The molecule has 22 heavy (non-hydrogen) atoms. The molecule has 1 fully saturated rings. The Bertz CT molecular complexity index is 699. The maximum atomic E-state index is 12.5. The minimum Gasteiger partial charge on any atom is -0.460 e. The second-order valence-corrected chi connectivity index (χ2v) is 7.00. The lowest BCUT2D eigenvalue weighted by atomic mass is 10.1. The molecule has 0 amide bonds. The summed E-state index contributed by atoms with van der Waals surface area (Å²) in [5, 5.41) is 0. The highest BCUT2D eigenvalue weighted by Crippen LogP contribution is 2.22. The Labute approximate surface area is 129 Å². The Morgan fingerprint density at radius 1 is 1.00 bits per heavy atom. The molecule has 6 nitrogen and oxygen atoms in total. The molecule has 0 aliphatic carbocycles. The summed E-state index contributed by atoms with van der Waals surface area (Å²) >= 11 is 0. The SMILES string of the molecule is O=S(=O)(c1ccccc1)N1CCC(Oc2ncccn2)CC1. The van der Waals surface area contributed by atoms with Crippen molar-refractivity contribution in [3.05, 3.63) is 48.8 Å². The van der Waals surface area contributed by atoms with E-state index in [1.54, 1.807) is 48.8 Å². The van der Waals surface area contributed by atoms with E-state index in [1.807, 2.05) is 0 Å². The lowest BCUT2D eigenvalue weighted by Crippen LogP contribution is -2.41. The number of aromatic nitrogens is 2. The summed E-state index contributed by atoms with van der Waals surface area (Å²) in [6, 6.07) is 10.6. The second-order valence-electron chi connectivity index (χ2n) is 5.07. The largest absolute Gasteiger partial charge is 0.460 e. The van der Waals surface area contributed by atoms with Gasteiger partial charge in [-0.3, -0.25) is 0 Å². The number of hydrogen-bond donors (Lipinski definition) is 0. The molecule has 0 N–H and O–H groups in total. The molecule has 0 unspecified atom stereocenters. The average Bonchev–Trinajstić information content (AvgIpc) is 2.57. The Morgan fingerprint density at radius 2 is 1.64 bits per heavy atom. The zero-order chi connectivity index (χ0) is 15.4. The van der Waals surface area contributed by atoms with Crippen molar-refractivity contribution < 1.29 is 13.2 Å². The Hall–Kier alpha value is -1.99. The highest BCUT2D eigenvalue weighted by Gasteiger charge is 2.30. The Kier molecular flexibility index (Phi) is 4.35. The summed E-state index contributed by atoms with van der Waals surface area (Å²) in [4.78, 5) is 8.38. The van der Waals surface area contributed by atoms with Crippen LogP contribution in [-0.2, 0) is 10.0 Å². The van der Waals surface area contributed by atoms with Crippen molar-refractivity contribution in [3.63, 3.8) is 0 Å². The molecule has 1 aromatic heterocycles. The maximum Gasteiger partial charge on any atom is 0.316 e. The molecule has 116 valence electrons. The molecule has 1 aliphatic rings. The minimum atomic E-state index is -3.41. The second kappa shape index (κ2) is 6.41. The van der Waals surface area contributed by atoms with E-state index < -0.39 is 10.0 Å². The summed E-state index contributed by atoms with van der Waals surface area (Å²) in [7, 11) is -3.41. The van der Waals surface area contributed by atoms with Crippen LogP contribution in [0.2, 0.25) is 0 Å². The number of piperidine rings is 1. The van der Waals surface area contributed by atoms with Crippen LogP contribution in [-0.4, -0.2) is 41.9 Å². The zero-order valence-corrected chi connectivity index (χ0v) is 12.8. The van der Waals surface area contributed by atoms with Gasteiger partial charge in [0.2, 0.25) is 10.0 Å². The average molecular weight is 319 g/mol. The Morgan fingerprint density at radius 3 is 2.27 bits per heavy atom. The van der Waals surface area contributed by atoms with Crippen molar-refractivity contribution in [1.82, 2.24) is 14.3 Å². The van der Waals surface area contributed by atoms with E-state index in [-0.39, 0.29) is 6.10 Å². The van der Waals surface area contributed by atoms with Crippen molar-refractivity contribution in [2.24, 2.45) is 0 Å². The van der Waals surface area contributed by atoms with Crippen LogP contribution < -0.4 is 4.74 Å². The Balaban J connectivity index is 1.62. The molecule has 3 rings (SSSR count). The van der Waals surface area contributed by atoms with Gasteiger partial charge in [-0.25, -0.2) is 18.4 Å². The standard InChI is InChI=1S/C15H17N3O3S/c19-22(20,14-5-2-1-3-6-14)18-11-7-13(8-12-18)21-15-16-9-4-10-17-15/h1-6,9-10,13H,7-8,11-12H2. The first-order valence-electron chi connectivity index (χ1n) is 7.15. The number of hydrogen-bond acceptors (Lipinski definition) is 5. The minimum absolute atomic E-state index is 0.0513. The van der Waals surface area contributed by atoms with Gasteiger partial charge in [-0.1, -0.05) is 18.2 Å². The molecule has 0 saturated carbocycles. The van der Waals surface area contributed by atoms with E-state index >= 15 is 0 Å². The number of nitrogens with zero attached hydrogens (tertiary/aromatic N) is 3. The van der Waals surface area contributed by atoms with Gasteiger partial charge in [-0.05, 0) is 31.0 Å². The first-order chi connectivity index (χ1) is 10.7.